The fourth-order valence-electron chi connectivity index (χ4n) is 2.48. The molecule has 0 spiro atoms. The first-order chi connectivity index (χ1) is 15.1. The second-order valence-corrected chi connectivity index (χ2v) is 8.60. The van der Waals surface area contributed by atoms with Gasteiger partial charge in [-0.15, -0.1) is 10.2 Å². The van der Waals surface area contributed by atoms with E-state index in [0.29, 0.717) is 11.4 Å². The maximum Gasteiger partial charge on any atom is 0.338 e. The molecule has 4 N–H and O–H groups in total. The summed E-state index contributed by atoms with van der Waals surface area (Å²) >= 11 is 5.63. The Labute approximate surface area is 188 Å². The summed E-state index contributed by atoms with van der Waals surface area (Å²) in [6.45, 7) is 1.41. The van der Waals surface area contributed by atoms with Crippen molar-refractivity contribution in [2.45, 2.75) is 17.9 Å². The number of esters is 1. The Hall–Kier alpha value is -3.70. The quantitative estimate of drug-likeness (QED) is 0.348. The predicted octanol–water partition coefficient (Wildman–Crippen LogP) is 2.70. The molecule has 0 radical (unpaired) electrons. The molecule has 0 fully saturated rings. The number of anilines is 3. The van der Waals surface area contributed by atoms with Gasteiger partial charge in [0.05, 0.1) is 10.5 Å². The van der Waals surface area contributed by atoms with E-state index in [1.165, 1.54) is 55.5 Å². The molecule has 1 heterocycles. The Bertz CT molecular complexity index is 1230. The molecule has 1 aromatic heterocycles. The van der Waals surface area contributed by atoms with Gasteiger partial charge in [-0.2, -0.15) is 0 Å². The van der Waals surface area contributed by atoms with Crippen LogP contribution in [0.2, 0.25) is 5.15 Å². The van der Waals surface area contributed by atoms with Crippen molar-refractivity contribution in [1.82, 2.24) is 10.2 Å². The van der Waals surface area contributed by atoms with Crippen LogP contribution < -0.4 is 15.8 Å². The molecule has 0 aliphatic heterocycles. The summed E-state index contributed by atoms with van der Waals surface area (Å²) in [6, 6.07) is 14.3. The smallest absolute Gasteiger partial charge is 0.338 e. The lowest BCUT2D eigenvalue weighted by Gasteiger charge is -2.14. The highest BCUT2D eigenvalue weighted by atomic mass is 35.5. The summed E-state index contributed by atoms with van der Waals surface area (Å²) in [7, 11) is -3.93. The van der Waals surface area contributed by atoms with E-state index in [1.807, 2.05) is 0 Å². The fourth-order valence-corrected chi connectivity index (χ4v) is 3.57. The third-order valence-corrected chi connectivity index (χ3v) is 5.65. The summed E-state index contributed by atoms with van der Waals surface area (Å²) in [5.74, 6) is -1.28. The average molecular weight is 476 g/mol. The summed E-state index contributed by atoms with van der Waals surface area (Å²) in [5, 5.41) is 9.88. The lowest BCUT2D eigenvalue weighted by Crippen LogP contribution is -2.30. The van der Waals surface area contributed by atoms with Gasteiger partial charge in [-0.05, 0) is 61.5 Å². The second-order valence-electron chi connectivity index (χ2n) is 6.53. The molecule has 0 aliphatic rings. The molecule has 0 bridgehead atoms. The van der Waals surface area contributed by atoms with Gasteiger partial charge in [0.25, 0.3) is 15.9 Å². The van der Waals surface area contributed by atoms with Crippen LogP contribution in [0.1, 0.15) is 17.3 Å². The standard InChI is InChI=1S/C20H18ClN5O5S/c1-12(31-20(28)13-3-2-4-14(22)11-13)19(27)23-15-5-7-16(8-6-15)32(29,30)26-18-10-9-17(21)24-25-18/h2-12H,22H2,1H3,(H,23,27)(H,25,26). The molecular formula is C20H18ClN5O5S. The Morgan fingerprint density at radius 2 is 1.78 bits per heavy atom. The van der Waals surface area contributed by atoms with E-state index in [4.69, 9.17) is 22.1 Å². The van der Waals surface area contributed by atoms with Crippen LogP contribution in [0, 0.1) is 0 Å². The molecule has 10 nitrogen and oxygen atoms in total. The van der Waals surface area contributed by atoms with Crippen molar-refractivity contribution in [3.8, 4) is 0 Å². The fraction of sp³-hybridized carbons (Fsp3) is 0.100. The van der Waals surface area contributed by atoms with Crippen LogP contribution in [0.4, 0.5) is 17.2 Å². The van der Waals surface area contributed by atoms with Crippen molar-refractivity contribution >= 4 is 50.7 Å². The molecule has 3 aromatic rings. The highest BCUT2D eigenvalue weighted by molar-refractivity contribution is 7.92. The van der Waals surface area contributed by atoms with Gasteiger partial charge in [0.1, 0.15) is 0 Å². The number of halogens is 1. The van der Waals surface area contributed by atoms with Crippen molar-refractivity contribution in [2.24, 2.45) is 0 Å². The van der Waals surface area contributed by atoms with Crippen LogP contribution in [-0.2, 0) is 19.6 Å². The van der Waals surface area contributed by atoms with Gasteiger partial charge in [-0.25, -0.2) is 13.2 Å². The van der Waals surface area contributed by atoms with E-state index in [2.05, 4.69) is 20.2 Å². The Morgan fingerprint density at radius 3 is 2.41 bits per heavy atom. The summed E-state index contributed by atoms with van der Waals surface area (Å²) in [6.07, 6.45) is -1.10. The van der Waals surface area contributed by atoms with Crippen LogP contribution in [-0.4, -0.2) is 36.6 Å². The van der Waals surface area contributed by atoms with Crippen molar-refractivity contribution in [3.63, 3.8) is 0 Å². The molecule has 12 heteroatoms. The molecule has 1 unspecified atom stereocenters. The number of ether oxygens (including phenoxy) is 1. The number of rotatable bonds is 7. The number of carbonyl (C=O) groups is 2. The molecule has 32 heavy (non-hydrogen) atoms. The number of nitrogen functional groups attached to an aromatic ring is 1. The number of hydrogen-bond acceptors (Lipinski definition) is 8. The first-order valence-corrected chi connectivity index (χ1v) is 11.0. The minimum atomic E-state index is -3.93. The highest BCUT2D eigenvalue weighted by Gasteiger charge is 2.20. The van der Waals surface area contributed by atoms with Gasteiger partial charge in [0.2, 0.25) is 0 Å². The van der Waals surface area contributed by atoms with Crippen molar-refractivity contribution < 1.29 is 22.7 Å². The van der Waals surface area contributed by atoms with E-state index >= 15 is 0 Å². The minimum absolute atomic E-state index is 0.00240. The van der Waals surface area contributed by atoms with Gasteiger partial charge >= 0.3 is 5.97 Å². The molecule has 0 saturated carbocycles. The Morgan fingerprint density at radius 1 is 1.06 bits per heavy atom. The summed E-state index contributed by atoms with van der Waals surface area (Å²) < 4.78 is 32.3. The van der Waals surface area contributed by atoms with E-state index in [0.717, 1.165) is 0 Å². The van der Waals surface area contributed by atoms with E-state index in [1.54, 1.807) is 12.1 Å². The predicted molar refractivity (Wildman–Crippen MR) is 119 cm³/mol. The highest BCUT2D eigenvalue weighted by Crippen LogP contribution is 2.18. The van der Waals surface area contributed by atoms with Gasteiger partial charge in [-0.1, -0.05) is 17.7 Å². The second kappa shape index (κ2) is 9.62. The van der Waals surface area contributed by atoms with Crippen LogP contribution in [0.15, 0.2) is 65.6 Å². The van der Waals surface area contributed by atoms with Crippen LogP contribution in [0.25, 0.3) is 0 Å². The topological polar surface area (TPSA) is 153 Å². The van der Waals surface area contributed by atoms with Crippen LogP contribution >= 0.6 is 11.6 Å². The normalized spacial score (nSPS) is 11.9. The van der Waals surface area contributed by atoms with Crippen molar-refractivity contribution in [1.29, 1.82) is 0 Å². The van der Waals surface area contributed by atoms with E-state index < -0.39 is 28.0 Å². The number of carbonyl (C=O) groups excluding carboxylic acids is 2. The van der Waals surface area contributed by atoms with Gasteiger partial charge in [0, 0.05) is 11.4 Å². The number of nitrogens with one attached hydrogen (secondary N) is 2. The number of nitrogens with zero attached hydrogens (tertiary/aromatic N) is 2. The Balaban J connectivity index is 1.61. The van der Waals surface area contributed by atoms with E-state index in [9.17, 15) is 18.0 Å². The summed E-state index contributed by atoms with van der Waals surface area (Å²) in [5.41, 5.74) is 6.56. The van der Waals surface area contributed by atoms with Gasteiger partial charge in [0.15, 0.2) is 17.1 Å². The molecule has 1 atom stereocenters. The number of nitrogens with two attached hydrogens (primary N) is 1. The zero-order chi connectivity index (χ0) is 23.3. The maximum absolute atomic E-state index is 12.4. The molecule has 0 aliphatic carbocycles. The van der Waals surface area contributed by atoms with Crippen LogP contribution in [0.3, 0.4) is 0 Å². The molecular weight excluding hydrogens is 458 g/mol. The first-order valence-electron chi connectivity index (χ1n) is 9.13. The van der Waals surface area contributed by atoms with E-state index in [-0.39, 0.29) is 21.4 Å². The zero-order valence-corrected chi connectivity index (χ0v) is 18.2. The Kier molecular flexibility index (Phi) is 6.91. The average Bonchev–Trinajstić information content (AvgIpc) is 2.75. The number of aromatic nitrogens is 2. The third kappa shape index (κ3) is 5.93. The lowest BCUT2D eigenvalue weighted by atomic mass is 10.2. The number of hydrogen-bond donors (Lipinski definition) is 3. The lowest BCUT2D eigenvalue weighted by molar-refractivity contribution is -0.123. The monoisotopic (exact) mass is 475 g/mol. The van der Waals surface area contributed by atoms with Gasteiger partial charge in [-0.3, -0.25) is 9.52 Å². The molecule has 0 saturated heterocycles. The number of benzene rings is 2. The molecule has 3 rings (SSSR count). The number of sulfonamides is 1. The summed E-state index contributed by atoms with van der Waals surface area (Å²) in [4.78, 5) is 24.4. The zero-order valence-electron chi connectivity index (χ0n) is 16.7. The van der Waals surface area contributed by atoms with Gasteiger partial charge < -0.3 is 15.8 Å². The SMILES string of the molecule is CC(OC(=O)c1cccc(N)c1)C(=O)Nc1ccc(S(=O)(=O)Nc2ccc(Cl)nn2)cc1. The van der Waals surface area contributed by atoms with Crippen LogP contribution in [0.5, 0.6) is 0 Å². The number of amides is 1. The largest absolute Gasteiger partial charge is 0.449 e. The molecule has 1 amide bonds. The van der Waals surface area contributed by atoms with Crippen molar-refractivity contribution in [3.05, 3.63) is 71.4 Å². The first kappa shape index (κ1) is 23.0. The molecule has 166 valence electrons. The molecule has 2 aromatic carbocycles. The third-order valence-electron chi connectivity index (χ3n) is 4.08. The maximum atomic E-state index is 12.4. The van der Waals surface area contributed by atoms with Crippen molar-refractivity contribution in [2.75, 3.05) is 15.8 Å². The minimum Gasteiger partial charge on any atom is -0.449 e.